The zero-order valence-electron chi connectivity index (χ0n) is 10.0. The normalized spacial score (nSPS) is 24.6. The van der Waals surface area contributed by atoms with Crippen LogP contribution >= 0.6 is 0 Å². The molecule has 0 spiro atoms. The quantitative estimate of drug-likeness (QED) is 0.788. The van der Waals surface area contributed by atoms with E-state index in [0.717, 1.165) is 31.4 Å². The van der Waals surface area contributed by atoms with E-state index in [0.29, 0.717) is 0 Å². The lowest BCUT2D eigenvalue weighted by atomic mass is 9.89. The monoisotopic (exact) mass is 217 g/mol. The Hall–Kier alpha value is -1.15. The highest BCUT2D eigenvalue weighted by Gasteiger charge is 2.36. The molecule has 2 rings (SSSR count). The van der Waals surface area contributed by atoms with Gasteiger partial charge in [0.05, 0.1) is 5.54 Å². The number of ketones is 1. The predicted octanol–water partition coefficient (Wildman–Crippen LogP) is 2.57. The lowest BCUT2D eigenvalue weighted by Crippen LogP contribution is -2.44. The van der Waals surface area contributed by atoms with Gasteiger partial charge in [-0.25, -0.2) is 0 Å². The van der Waals surface area contributed by atoms with E-state index in [4.69, 9.17) is 0 Å². The highest BCUT2D eigenvalue weighted by atomic mass is 16.1. The zero-order valence-corrected chi connectivity index (χ0v) is 10.0. The van der Waals surface area contributed by atoms with Crippen LogP contribution in [0.4, 0.5) is 0 Å². The molecule has 1 aliphatic rings. The third-order valence-corrected chi connectivity index (χ3v) is 3.49. The molecule has 1 saturated heterocycles. The Kier molecular flexibility index (Phi) is 3.10. The fourth-order valence-electron chi connectivity index (χ4n) is 2.30. The summed E-state index contributed by atoms with van der Waals surface area (Å²) in [6.07, 6.45) is 3.06. The van der Waals surface area contributed by atoms with Gasteiger partial charge in [-0.1, -0.05) is 31.2 Å². The van der Waals surface area contributed by atoms with E-state index < -0.39 is 0 Å². The van der Waals surface area contributed by atoms with Crippen molar-refractivity contribution in [1.82, 2.24) is 5.32 Å². The van der Waals surface area contributed by atoms with Crippen LogP contribution in [0.5, 0.6) is 0 Å². The van der Waals surface area contributed by atoms with Crippen LogP contribution in [0.25, 0.3) is 0 Å². The minimum Gasteiger partial charge on any atom is -0.305 e. The molecule has 16 heavy (non-hydrogen) atoms. The molecule has 1 N–H and O–H groups in total. The number of hydrogen-bond donors (Lipinski definition) is 1. The van der Waals surface area contributed by atoms with Crippen molar-refractivity contribution in [3.63, 3.8) is 0 Å². The number of hydrogen-bond acceptors (Lipinski definition) is 2. The molecule has 0 amide bonds. The molecule has 1 aromatic carbocycles. The summed E-state index contributed by atoms with van der Waals surface area (Å²) in [7, 11) is 0. The lowest BCUT2D eigenvalue weighted by Gasteiger charge is -2.22. The molecule has 86 valence electrons. The fraction of sp³-hybridized carbons (Fsp3) is 0.500. The van der Waals surface area contributed by atoms with E-state index in [1.807, 2.05) is 31.2 Å². The van der Waals surface area contributed by atoms with Crippen molar-refractivity contribution in [2.45, 2.75) is 38.6 Å². The molecule has 1 atom stereocenters. The number of nitrogens with one attached hydrogen (secondary N) is 1. The number of aryl methyl sites for hydroxylation is 1. The third-order valence-electron chi connectivity index (χ3n) is 3.49. The standard InChI is InChI=1S/C14H19NO/c1-3-11-5-7-12(8-6-11)13(16)14(2)9-4-10-15-14/h5-8,15H,3-4,9-10H2,1-2H3. The summed E-state index contributed by atoms with van der Waals surface area (Å²) in [5, 5.41) is 3.31. The minimum absolute atomic E-state index is 0.229. The summed E-state index contributed by atoms with van der Waals surface area (Å²) < 4.78 is 0. The average molecular weight is 217 g/mol. The zero-order chi connectivity index (χ0) is 11.6. The van der Waals surface area contributed by atoms with Crippen molar-refractivity contribution in [3.8, 4) is 0 Å². The molecule has 1 aromatic rings. The summed E-state index contributed by atoms with van der Waals surface area (Å²) in [5.74, 6) is 0.229. The van der Waals surface area contributed by atoms with Gasteiger partial charge in [-0.2, -0.15) is 0 Å². The molecule has 1 heterocycles. The maximum absolute atomic E-state index is 12.3. The number of carbonyl (C=O) groups is 1. The highest BCUT2D eigenvalue weighted by Crippen LogP contribution is 2.23. The van der Waals surface area contributed by atoms with Crippen molar-refractivity contribution in [2.75, 3.05) is 6.54 Å². The van der Waals surface area contributed by atoms with E-state index in [2.05, 4.69) is 12.2 Å². The number of Topliss-reactive ketones (excluding diaryl/α,β-unsaturated/α-hetero) is 1. The van der Waals surface area contributed by atoms with Gasteiger partial charge in [-0.15, -0.1) is 0 Å². The lowest BCUT2D eigenvalue weighted by molar-refractivity contribution is 0.0884. The van der Waals surface area contributed by atoms with Crippen LogP contribution in [0.15, 0.2) is 24.3 Å². The van der Waals surface area contributed by atoms with Gasteiger partial charge in [0.2, 0.25) is 0 Å². The number of rotatable bonds is 3. The second-order valence-electron chi connectivity index (χ2n) is 4.74. The smallest absolute Gasteiger partial charge is 0.182 e. The molecule has 0 radical (unpaired) electrons. The minimum atomic E-state index is -0.340. The molecule has 1 aliphatic heterocycles. The molecular formula is C14H19NO. The summed E-state index contributed by atoms with van der Waals surface area (Å²) in [4.78, 5) is 12.3. The Bertz CT molecular complexity index is 374. The molecule has 2 heteroatoms. The molecule has 0 aromatic heterocycles. The van der Waals surface area contributed by atoms with Gasteiger partial charge in [0, 0.05) is 5.56 Å². The van der Waals surface area contributed by atoms with E-state index >= 15 is 0 Å². The largest absolute Gasteiger partial charge is 0.305 e. The third kappa shape index (κ3) is 2.03. The van der Waals surface area contributed by atoms with Crippen LogP contribution in [-0.2, 0) is 6.42 Å². The Balaban J connectivity index is 2.20. The van der Waals surface area contributed by atoms with Crippen molar-refractivity contribution in [1.29, 1.82) is 0 Å². The van der Waals surface area contributed by atoms with E-state index in [1.54, 1.807) is 0 Å². The molecule has 1 unspecified atom stereocenters. The average Bonchev–Trinajstić information content (AvgIpc) is 2.77. The molecule has 0 aliphatic carbocycles. The van der Waals surface area contributed by atoms with Gasteiger partial charge in [-0.3, -0.25) is 4.79 Å². The Morgan fingerprint density at radius 2 is 2.06 bits per heavy atom. The van der Waals surface area contributed by atoms with Crippen LogP contribution in [0.1, 0.15) is 42.6 Å². The van der Waals surface area contributed by atoms with Crippen LogP contribution in [0.3, 0.4) is 0 Å². The van der Waals surface area contributed by atoms with Crippen molar-refractivity contribution >= 4 is 5.78 Å². The number of carbonyl (C=O) groups excluding carboxylic acids is 1. The first-order chi connectivity index (χ1) is 7.65. The SMILES string of the molecule is CCc1ccc(C(=O)C2(C)CCCN2)cc1. The summed E-state index contributed by atoms with van der Waals surface area (Å²) in [6, 6.07) is 8.00. The van der Waals surface area contributed by atoms with Gasteiger partial charge in [-0.05, 0) is 38.3 Å². The maximum Gasteiger partial charge on any atom is 0.182 e. The molecule has 0 saturated carbocycles. The van der Waals surface area contributed by atoms with Gasteiger partial charge >= 0.3 is 0 Å². The van der Waals surface area contributed by atoms with Gasteiger partial charge in [0.25, 0.3) is 0 Å². The summed E-state index contributed by atoms with van der Waals surface area (Å²) in [5.41, 5.74) is 1.77. The molecular weight excluding hydrogens is 198 g/mol. The van der Waals surface area contributed by atoms with E-state index in [-0.39, 0.29) is 11.3 Å². The second kappa shape index (κ2) is 4.38. The van der Waals surface area contributed by atoms with Crippen LogP contribution in [0, 0.1) is 0 Å². The maximum atomic E-state index is 12.3. The van der Waals surface area contributed by atoms with Crippen LogP contribution < -0.4 is 5.32 Å². The predicted molar refractivity (Wildman–Crippen MR) is 65.8 cm³/mol. The van der Waals surface area contributed by atoms with Crippen LogP contribution in [0.2, 0.25) is 0 Å². The molecule has 0 bridgehead atoms. The van der Waals surface area contributed by atoms with Crippen molar-refractivity contribution < 1.29 is 4.79 Å². The first kappa shape index (κ1) is 11.3. The highest BCUT2D eigenvalue weighted by molar-refractivity contribution is 6.03. The molecule has 1 fully saturated rings. The van der Waals surface area contributed by atoms with Crippen molar-refractivity contribution in [2.24, 2.45) is 0 Å². The Labute approximate surface area is 97.1 Å². The fourth-order valence-corrected chi connectivity index (χ4v) is 2.30. The summed E-state index contributed by atoms with van der Waals surface area (Å²) in [6.45, 7) is 5.09. The van der Waals surface area contributed by atoms with Crippen LogP contribution in [-0.4, -0.2) is 17.9 Å². The van der Waals surface area contributed by atoms with Crippen molar-refractivity contribution in [3.05, 3.63) is 35.4 Å². The summed E-state index contributed by atoms with van der Waals surface area (Å²) >= 11 is 0. The first-order valence-electron chi connectivity index (χ1n) is 6.04. The Morgan fingerprint density at radius 1 is 1.38 bits per heavy atom. The molecule has 2 nitrogen and oxygen atoms in total. The van der Waals surface area contributed by atoms with E-state index in [9.17, 15) is 4.79 Å². The van der Waals surface area contributed by atoms with Gasteiger partial charge < -0.3 is 5.32 Å². The van der Waals surface area contributed by atoms with Gasteiger partial charge in [0.1, 0.15) is 0 Å². The second-order valence-corrected chi connectivity index (χ2v) is 4.74. The van der Waals surface area contributed by atoms with Gasteiger partial charge in [0.15, 0.2) is 5.78 Å². The Morgan fingerprint density at radius 3 is 2.56 bits per heavy atom. The number of benzene rings is 1. The van der Waals surface area contributed by atoms with E-state index in [1.165, 1.54) is 5.56 Å². The first-order valence-corrected chi connectivity index (χ1v) is 6.04. The topological polar surface area (TPSA) is 29.1 Å².